The van der Waals surface area contributed by atoms with Gasteiger partial charge in [-0.1, -0.05) is 0 Å². The van der Waals surface area contributed by atoms with Gasteiger partial charge in [-0.05, 0) is 36.4 Å². The number of nitrogens with two attached hydrogens (primary N) is 1. The number of esters is 1. The molecule has 156 valence electrons. The maximum Gasteiger partial charge on any atom is 0.348 e. The Morgan fingerprint density at radius 2 is 1.94 bits per heavy atom. The Balaban J connectivity index is 1.46. The topological polar surface area (TPSA) is 146 Å². The number of aromatic nitrogens is 3. The Morgan fingerprint density at radius 3 is 2.68 bits per heavy atom. The molecule has 2 aromatic carbocycles. The standard InChI is InChI=1S/C19H13FN6O4S/c20-11-1-3-12(4-2-11)22-19-24-16(23-18(21)25-19)9-30-17(27)15-8-10-7-13(26(28)29)5-6-14(10)31-15/h1-8H,9H2,(H3,21,22,23,24,25). The Kier molecular flexibility index (Phi) is 5.37. The average molecular weight is 440 g/mol. The number of halogens is 1. The van der Waals surface area contributed by atoms with Gasteiger partial charge in [0.15, 0.2) is 12.4 Å². The summed E-state index contributed by atoms with van der Waals surface area (Å²) in [5, 5.41) is 14.3. The molecule has 2 aromatic heterocycles. The average Bonchev–Trinajstić information content (AvgIpc) is 3.17. The number of benzene rings is 2. The third-order valence-corrected chi connectivity index (χ3v) is 5.14. The highest BCUT2D eigenvalue weighted by Gasteiger charge is 2.16. The molecular weight excluding hydrogens is 427 g/mol. The molecule has 0 aliphatic rings. The summed E-state index contributed by atoms with van der Waals surface area (Å²) in [5.41, 5.74) is 6.16. The molecule has 0 bridgehead atoms. The first kappa shape index (κ1) is 20.1. The first-order chi connectivity index (χ1) is 14.9. The van der Waals surface area contributed by atoms with E-state index in [2.05, 4.69) is 20.3 Å². The second-order valence-electron chi connectivity index (χ2n) is 6.23. The summed E-state index contributed by atoms with van der Waals surface area (Å²) in [6.07, 6.45) is 0. The van der Waals surface area contributed by atoms with Crippen LogP contribution in [0, 0.1) is 15.9 Å². The van der Waals surface area contributed by atoms with Crippen molar-refractivity contribution in [2.45, 2.75) is 6.61 Å². The Labute approximate surface area is 177 Å². The molecule has 0 saturated heterocycles. The molecule has 0 saturated carbocycles. The highest BCUT2D eigenvalue weighted by Crippen LogP contribution is 2.29. The molecule has 3 N–H and O–H groups in total. The predicted octanol–water partition coefficient (Wildman–Crippen LogP) is 3.82. The number of thiophene rings is 1. The van der Waals surface area contributed by atoms with E-state index in [1.807, 2.05) is 0 Å². The summed E-state index contributed by atoms with van der Waals surface area (Å²) >= 11 is 1.15. The van der Waals surface area contributed by atoms with Crippen molar-refractivity contribution in [1.29, 1.82) is 0 Å². The van der Waals surface area contributed by atoms with Crippen LogP contribution in [0.1, 0.15) is 15.5 Å². The van der Waals surface area contributed by atoms with Gasteiger partial charge in [0.1, 0.15) is 10.7 Å². The number of carbonyl (C=O) groups excluding carboxylic acids is 1. The monoisotopic (exact) mass is 440 g/mol. The van der Waals surface area contributed by atoms with Crippen molar-refractivity contribution in [2.75, 3.05) is 11.1 Å². The number of nitrogen functional groups attached to an aromatic ring is 1. The van der Waals surface area contributed by atoms with E-state index in [0.717, 1.165) is 11.3 Å². The molecule has 4 rings (SSSR count). The van der Waals surface area contributed by atoms with Gasteiger partial charge in [0.05, 0.1) is 4.92 Å². The number of anilines is 3. The smallest absolute Gasteiger partial charge is 0.348 e. The van der Waals surface area contributed by atoms with E-state index >= 15 is 0 Å². The normalized spacial score (nSPS) is 10.7. The molecule has 0 aliphatic heterocycles. The lowest BCUT2D eigenvalue weighted by molar-refractivity contribution is -0.384. The molecule has 0 aliphatic carbocycles. The lowest BCUT2D eigenvalue weighted by Gasteiger charge is -2.07. The van der Waals surface area contributed by atoms with Crippen molar-refractivity contribution < 1.29 is 18.8 Å². The fourth-order valence-corrected chi connectivity index (χ4v) is 3.60. The van der Waals surface area contributed by atoms with Crippen LogP contribution >= 0.6 is 11.3 Å². The van der Waals surface area contributed by atoms with Crippen LogP contribution in [-0.4, -0.2) is 25.8 Å². The van der Waals surface area contributed by atoms with Crippen LogP contribution in [0.3, 0.4) is 0 Å². The molecule has 0 spiro atoms. The Bertz CT molecular complexity index is 1290. The second-order valence-corrected chi connectivity index (χ2v) is 7.32. The van der Waals surface area contributed by atoms with Crippen LogP contribution in [0.15, 0.2) is 48.5 Å². The summed E-state index contributed by atoms with van der Waals surface area (Å²) < 4.78 is 19.0. The van der Waals surface area contributed by atoms with Gasteiger partial charge in [0, 0.05) is 27.9 Å². The van der Waals surface area contributed by atoms with Crippen molar-refractivity contribution >= 4 is 50.7 Å². The highest BCUT2D eigenvalue weighted by atomic mass is 32.1. The van der Waals surface area contributed by atoms with Gasteiger partial charge in [-0.15, -0.1) is 11.3 Å². The number of non-ortho nitro benzene ring substituents is 1. The molecule has 10 nitrogen and oxygen atoms in total. The molecule has 31 heavy (non-hydrogen) atoms. The molecule has 0 unspecified atom stereocenters. The maximum atomic E-state index is 13.0. The quantitative estimate of drug-likeness (QED) is 0.259. The van der Waals surface area contributed by atoms with E-state index < -0.39 is 10.9 Å². The van der Waals surface area contributed by atoms with Crippen molar-refractivity contribution in [2.24, 2.45) is 0 Å². The van der Waals surface area contributed by atoms with Gasteiger partial charge in [0.25, 0.3) is 5.69 Å². The first-order valence-corrected chi connectivity index (χ1v) is 9.57. The van der Waals surface area contributed by atoms with Crippen LogP contribution in [-0.2, 0) is 11.3 Å². The number of nitro benzene ring substituents is 1. The third-order valence-electron chi connectivity index (χ3n) is 4.04. The minimum absolute atomic E-state index is 0.0629. The minimum Gasteiger partial charge on any atom is -0.453 e. The Morgan fingerprint density at radius 1 is 1.16 bits per heavy atom. The largest absolute Gasteiger partial charge is 0.453 e. The maximum absolute atomic E-state index is 13.0. The van der Waals surface area contributed by atoms with E-state index in [1.54, 1.807) is 6.07 Å². The number of nitro groups is 1. The van der Waals surface area contributed by atoms with Crippen molar-refractivity contribution in [3.63, 3.8) is 0 Å². The molecule has 4 aromatic rings. The number of hydrogen-bond acceptors (Lipinski definition) is 10. The first-order valence-electron chi connectivity index (χ1n) is 8.75. The Hall–Kier alpha value is -4.19. The summed E-state index contributed by atoms with van der Waals surface area (Å²) in [6, 6.07) is 11.4. The molecule has 0 atom stereocenters. The van der Waals surface area contributed by atoms with Crippen LogP contribution in [0.25, 0.3) is 10.1 Å². The van der Waals surface area contributed by atoms with E-state index in [-0.39, 0.29) is 40.7 Å². The molecule has 12 heteroatoms. The summed E-state index contributed by atoms with van der Waals surface area (Å²) in [7, 11) is 0. The zero-order chi connectivity index (χ0) is 22.0. The third kappa shape index (κ3) is 4.70. The number of carbonyl (C=O) groups is 1. The van der Waals surface area contributed by atoms with Crippen LogP contribution in [0.2, 0.25) is 0 Å². The van der Waals surface area contributed by atoms with Crippen LogP contribution in [0.5, 0.6) is 0 Å². The van der Waals surface area contributed by atoms with Gasteiger partial charge in [-0.25, -0.2) is 9.18 Å². The van der Waals surface area contributed by atoms with Crippen molar-refractivity contribution in [3.8, 4) is 0 Å². The van der Waals surface area contributed by atoms with Crippen LogP contribution < -0.4 is 11.1 Å². The SMILES string of the molecule is Nc1nc(COC(=O)c2cc3cc([N+](=O)[O-])ccc3s2)nc(Nc2ccc(F)cc2)n1. The summed E-state index contributed by atoms with van der Waals surface area (Å²) in [6.45, 7) is -0.266. The number of ether oxygens (including phenoxy) is 1. The van der Waals surface area contributed by atoms with Crippen molar-refractivity contribution in [3.05, 3.63) is 75.2 Å². The lowest BCUT2D eigenvalue weighted by Crippen LogP contribution is -2.10. The number of hydrogen-bond donors (Lipinski definition) is 2. The fraction of sp³-hybridized carbons (Fsp3) is 0.0526. The van der Waals surface area contributed by atoms with Gasteiger partial charge >= 0.3 is 5.97 Å². The highest BCUT2D eigenvalue weighted by molar-refractivity contribution is 7.20. The number of rotatable bonds is 6. The number of nitrogens with one attached hydrogen (secondary N) is 1. The van der Waals surface area contributed by atoms with E-state index in [1.165, 1.54) is 42.5 Å². The molecular formula is C19H13FN6O4S. The summed E-state index contributed by atoms with van der Waals surface area (Å²) in [5.74, 6) is -0.874. The second kappa shape index (κ2) is 8.28. The van der Waals surface area contributed by atoms with Crippen molar-refractivity contribution in [1.82, 2.24) is 15.0 Å². The predicted molar refractivity (Wildman–Crippen MR) is 112 cm³/mol. The zero-order valence-electron chi connectivity index (χ0n) is 15.6. The molecule has 0 radical (unpaired) electrons. The van der Waals surface area contributed by atoms with E-state index in [4.69, 9.17) is 10.5 Å². The van der Waals surface area contributed by atoms with E-state index in [9.17, 15) is 19.3 Å². The van der Waals surface area contributed by atoms with Gasteiger partial charge in [-0.3, -0.25) is 10.1 Å². The van der Waals surface area contributed by atoms with Gasteiger partial charge < -0.3 is 15.8 Å². The number of fused-ring (bicyclic) bond motifs is 1. The number of nitrogens with zero attached hydrogens (tertiary/aromatic N) is 4. The van der Waals surface area contributed by atoms with Crippen LogP contribution in [0.4, 0.5) is 27.7 Å². The fourth-order valence-electron chi connectivity index (χ4n) is 2.67. The molecule has 0 amide bonds. The van der Waals surface area contributed by atoms with E-state index in [0.29, 0.717) is 15.8 Å². The van der Waals surface area contributed by atoms with Gasteiger partial charge in [-0.2, -0.15) is 15.0 Å². The summed E-state index contributed by atoms with van der Waals surface area (Å²) in [4.78, 5) is 35.1. The minimum atomic E-state index is -0.629. The lowest BCUT2D eigenvalue weighted by atomic mass is 10.2. The molecule has 0 fully saturated rings. The zero-order valence-corrected chi connectivity index (χ0v) is 16.4. The van der Waals surface area contributed by atoms with Gasteiger partial charge in [0.2, 0.25) is 11.9 Å². The molecule has 2 heterocycles.